The minimum Gasteiger partial charge on any atom is -0.365 e. The monoisotopic (exact) mass is 505 g/mol. The minimum absolute atomic E-state index is 0.0822. The van der Waals surface area contributed by atoms with Gasteiger partial charge in [0, 0.05) is 30.9 Å². The van der Waals surface area contributed by atoms with Crippen LogP contribution in [-0.4, -0.2) is 63.7 Å². The topological polar surface area (TPSA) is 97.2 Å². The summed E-state index contributed by atoms with van der Waals surface area (Å²) >= 11 is 0. The van der Waals surface area contributed by atoms with Gasteiger partial charge in [-0.1, -0.05) is 6.07 Å². The number of hydrogen-bond acceptors (Lipinski definition) is 8. The predicted octanol–water partition coefficient (Wildman–Crippen LogP) is 3.55. The lowest BCUT2D eigenvalue weighted by molar-refractivity contribution is -0.130. The fraction of sp³-hybridized carbons (Fsp3) is 0.308. The van der Waals surface area contributed by atoms with Crippen LogP contribution in [0.3, 0.4) is 0 Å². The van der Waals surface area contributed by atoms with E-state index < -0.39 is 17.7 Å². The lowest BCUT2D eigenvalue weighted by Crippen LogP contribution is -2.51. The number of amides is 1. The van der Waals surface area contributed by atoms with Crippen LogP contribution in [0.25, 0.3) is 22.4 Å². The molecule has 1 aromatic carbocycles. The summed E-state index contributed by atoms with van der Waals surface area (Å²) in [4.78, 5) is 39.2. The molecule has 9 nitrogen and oxygen atoms in total. The zero-order valence-corrected chi connectivity index (χ0v) is 20.9. The maximum absolute atomic E-state index is 14.8. The molecular weight excluding hydrogens is 480 g/mol. The molecule has 0 spiro atoms. The fourth-order valence-corrected chi connectivity index (χ4v) is 4.14. The summed E-state index contributed by atoms with van der Waals surface area (Å²) in [5.41, 5.74) is 2.98. The Kier molecular flexibility index (Phi) is 6.46. The van der Waals surface area contributed by atoms with Crippen molar-refractivity contribution >= 4 is 28.8 Å². The van der Waals surface area contributed by atoms with Gasteiger partial charge in [0.15, 0.2) is 11.8 Å². The van der Waals surface area contributed by atoms with Gasteiger partial charge in [0.1, 0.15) is 28.7 Å². The number of halogens is 2. The van der Waals surface area contributed by atoms with Crippen molar-refractivity contribution in [3.05, 3.63) is 65.1 Å². The van der Waals surface area contributed by atoms with E-state index in [-0.39, 0.29) is 41.9 Å². The number of pyridine rings is 1. The first-order valence-electron chi connectivity index (χ1n) is 11.8. The number of ether oxygens (including phenoxy) is 1. The van der Waals surface area contributed by atoms with Gasteiger partial charge in [-0.15, -0.1) is 0 Å². The lowest BCUT2D eigenvalue weighted by atomic mass is 10.1. The smallest absolute Gasteiger partial charge is 0.258 e. The third-order valence-corrected chi connectivity index (χ3v) is 6.29. The van der Waals surface area contributed by atoms with Gasteiger partial charge in [0.25, 0.3) is 5.91 Å². The molecule has 0 unspecified atom stereocenters. The first kappa shape index (κ1) is 24.6. The van der Waals surface area contributed by atoms with Crippen molar-refractivity contribution in [1.82, 2.24) is 24.9 Å². The number of carbonyl (C=O) groups is 1. The van der Waals surface area contributed by atoms with Crippen LogP contribution in [0.1, 0.15) is 17.1 Å². The number of hydrogen-bond donors (Lipinski definition) is 0. The summed E-state index contributed by atoms with van der Waals surface area (Å²) in [5, 5.41) is 0. The van der Waals surface area contributed by atoms with Crippen molar-refractivity contribution in [2.45, 2.75) is 26.9 Å². The Morgan fingerprint density at radius 3 is 2.57 bits per heavy atom. The Balaban J connectivity index is 1.52. The normalized spacial score (nSPS) is 15.7. The Labute approximate surface area is 212 Å². The third-order valence-electron chi connectivity index (χ3n) is 6.29. The first-order valence-corrected chi connectivity index (χ1v) is 11.8. The fourth-order valence-electron chi connectivity index (χ4n) is 4.14. The minimum atomic E-state index is -0.794. The van der Waals surface area contributed by atoms with Gasteiger partial charge >= 0.3 is 0 Å². The zero-order chi connectivity index (χ0) is 26.3. The highest BCUT2D eigenvalue weighted by Crippen LogP contribution is 2.30. The summed E-state index contributed by atoms with van der Waals surface area (Å²) in [7, 11) is 1.65. The van der Waals surface area contributed by atoms with E-state index in [1.54, 1.807) is 31.9 Å². The summed E-state index contributed by atoms with van der Waals surface area (Å²) in [6.07, 6.45) is -0.794. The standard InChI is InChI=1S/C26H25F2N7O2/c1-14-6-5-7-21(29-14)34(4)25(36)20-13-35(10-11-37-20)26-32-22(18-9-8-17(27)12-19(18)28)23-24(33-26)31-16(3)15(2)30-23/h5-9,12,20H,10-11,13H2,1-4H3/t20-/m0/s1. The summed E-state index contributed by atoms with van der Waals surface area (Å²) in [5.74, 6) is -0.961. The highest BCUT2D eigenvalue weighted by Gasteiger charge is 2.32. The maximum Gasteiger partial charge on any atom is 0.258 e. The van der Waals surface area contributed by atoms with Crippen molar-refractivity contribution in [2.75, 3.05) is 36.5 Å². The molecule has 0 aliphatic carbocycles. The first-order chi connectivity index (χ1) is 17.7. The van der Waals surface area contributed by atoms with Gasteiger partial charge in [-0.05, 0) is 45.0 Å². The largest absolute Gasteiger partial charge is 0.365 e. The Hall–Kier alpha value is -4.12. The van der Waals surface area contributed by atoms with Crippen LogP contribution in [0, 0.1) is 32.4 Å². The van der Waals surface area contributed by atoms with Crippen LogP contribution < -0.4 is 9.80 Å². The molecule has 1 saturated heterocycles. The van der Waals surface area contributed by atoms with Crippen molar-refractivity contribution < 1.29 is 18.3 Å². The molecule has 4 heterocycles. The lowest BCUT2D eigenvalue weighted by Gasteiger charge is -2.34. The number of aryl methyl sites for hydroxylation is 3. The summed E-state index contributed by atoms with van der Waals surface area (Å²) in [6.45, 7) is 6.28. The number of morpholine rings is 1. The van der Waals surface area contributed by atoms with E-state index in [1.165, 1.54) is 17.0 Å². The molecule has 0 N–H and O–H groups in total. The van der Waals surface area contributed by atoms with Crippen molar-refractivity contribution in [3.63, 3.8) is 0 Å². The average Bonchev–Trinajstić information content (AvgIpc) is 2.88. The number of likely N-dealkylation sites (N-methyl/N-ethyl adjacent to an activating group) is 1. The molecule has 0 saturated carbocycles. The van der Waals surface area contributed by atoms with Crippen LogP contribution in [0.5, 0.6) is 0 Å². The van der Waals surface area contributed by atoms with Gasteiger partial charge in [0.05, 0.1) is 24.5 Å². The maximum atomic E-state index is 14.8. The number of carbonyl (C=O) groups excluding carboxylic acids is 1. The molecule has 1 amide bonds. The van der Waals surface area contributed by atoms with E-state index in [1.807, 2.05) is 19.1 Å². The molecule has 3 aromatic heterocycles. The van der Waals surface area contributed by atoms with Gasteiger partial charge in [0.2, 0.25) is 5.95 Å². The molecular formula is C26H25F2N7O2. The van der Waals surface area contributed by atoms with Crippen LogP contribution >= 0.6 is 0 Å². The molecule has 37 heavy (non-hydrogen) atoms. The Morgan fingerprint density at radius 1 is 1.03 bits per heavy atom. The molecule has 1 atom stereocenters. The van der Waals surface area contributed by atoms with Gasteiger partial charge < -0.3 is 9.64 Å². The quantitative estimate of drug-likeness (QED) is 0.416. The second-order valence-corrected chi connectivity index (χ2v) is 8.90. The van der Waals surface area contributed by atoms with Crippen LogP contribution in [0.2, 0.25) is 0 Å². The predicted molar refractivity (Wildman–Crippen MR) is 134 cm³/mol. The second-order valence-electron chi connectivity index (χ2n) is 8.90. The molecule has 1 aliphatic heterocycles. The number of aromatic nitrogens is 5. The van der Waals surface area contributed by atoms with E-state index in [2.05, 4.69) is 24.9 Å². The van der Waals surface area contributed by atoms with Gasteiger partial charge in [-0.3, -0.25) is 9.69 Å². The summed E-state index contributed by atoms with van der Waals surface area (Å²) < 4.78 is 34.2. The van der Waals surface area contributed by atoms with Crippen molar-refractivity contribution in [3.8, 4) is 11.3 Å². The van der Waals surface area contributed by atoms with Gasteiger partial charge in [-0.25, -0.2) is 28.7 Å². The van der Waals surface area contributed by atoms with Gasteiger partial charge in [-0.2, -0.15) is 4.98 Å². The third kappa shape index (κ3) is 4.82. The van der Waals surface area contributed by atoms with E-state index in [0.29, 0.717) is 29.3 Å². The zero-order valence-electron chi connectivity index (χ0n) is 20.9. The number of anilines is 2. The van der Waals surface area contributed by atoms with E-state index in [4.69, 9.17) is 4.74 Å². The van der Waals surface area contributed by atoms with Crippen LogP contribution in [-0.2, 0) is 9.53 Å². The molecule has 190 valence electrons. The molecule has 0 radical (unpaired) electrons. The average molecular weight is 506 g/mol. The van der Waals surface area contributed by atoms with E-state index >= 15 is 0 Å². The van der Waals surface area contributed by atoms with Crippen molar-refractivity contribution in [1.29, 1.82) is 0 Å². The summed E-state index contributed by atoms with van der Waals surface area (Å²) in [6, 6.07) is 8.73. The number of benzene rings is 1. The molecule has 1 fully saturated rings. The number of fused-ring (bicyclic) bond motifs is 1. The van der Waals surface area contributed by atoms with Crippen molar-refractivity contribution in [2.24, 2.45) is 0 Å². The molecule has 0 bridgehead atoms. The molecule has 5 rings (SSSR count). The van der Waals surface area contributed by atoms with E-state index in [9.17, 15) is 13.6 Å². The molecule has 1 aliphatic rings. The van der Waals surface area contributed by atoms with Crippen LogP contribution in [0.15, 0.2) is 36.4 Å². The number of nitrogens with zero attached hydrogens (tertiary/aromatic N) is 7. The van der Waals surface area contributed by atoms with Crippen LogP contribution in [0.4, 0.5) is 20.5 Å². The number of rotatable bonds is 4. The van der Waals surface area contributed by atoms with E-state index in [0.717, 1.165) is 11.8 Å². The highest BCUT2D eigenvalue weighted by atomic mass is 19.1. The Bertz CT molecular complexity index is 1510. The second kappa shape index (κ2) is 9.74. The Morgan fingerprint density at radius 2 is 1.81 bits per heavy atom. The molecule has 4 aromatic rings. The SMILES string of the molecule is Cc1cccc(N(C)C(=O)[C@@H]2CN(c3nc(-c4ccc(F)cc4F)c4nc(C)c(C)nc4n3)CCO2)n1. The molecule has 11 heteroatoms. The highest BCUT2D eigenvalue weighted by molar-refractivity contribution is 5.96.